The van der Waals surface area contributed by atoms with Crippen LogP contribution in [0.3, 0.4) is 0 Å². The van der Waals surface area contributed by atoms with Gasteiger partial charge in [0.15, 0.2) is 0 Å². The highest BCUT2D eigenvalue weighted by atomic mass is 16.2. The summed E-state index contributed by atoms with van der Waals surface area (Å²) in [6, 6.07) is 19.5. The number of rotatable bonds is 5. The van der Waals surface area contributed by atoms with Gasteiger partial charge in [0.2, 0.25) is 5.91 Å². The molecule has 3 amide bonds. The van der Waals surface area contributed by atoms with Gasteiger partial charge in [0, 0.05) is 63.3 Å². The lowest BCUT2D eigenvalue weighted by Crippen LogP contribution is -2.51. The number of para-hydroxylation sites is 1. The van der Waals surface area contributed by atoms with E-state index in [-0.39, 0.29) is 30.2 Å². The number of piperidine rings is 1. The minimum absolute atomic E-state index is 0.00861. The van der Waals surface area contributed by atoms with Crippen LogP contribution in [-0.2, 0) is 11.3 Å². The fraction of sp³-hybridized carbons (Fsp3) is 0.333. The van der Waals surface area contributed by atoms with Crippen LogP contribution in [0.4, 0.5) is 11.4 Å². The number of carbonyl (C=O) groups excluding carboxylic acids is 3. The van der Waals surface area contributed by atoms with Gasteiger partial charge in [-0.1, -0.05) is 30.3 Å². The third-order valence-corrected chi connectivity index (χ3v) is 7.94. The molecule has 3 aliphatic heterocycles. The normalized spacial score (nSPS) is 18.2. The molecule has 0 unspecified atom stereocenters. The van der Waals surface area contributed by atoms with Gasteiger partial charge in [-0.2, -0.15) is 0 Å². The van der Waals surface area contributed by atoms with E-state index in [2.05, 4.69) is 26.9 Å². The monoisotopic (exact) mass is 509 g/mol. The number of piperazine rings is 1. The zero-order valence-electron chi connectivity index (χ0n) is 21.3. The van der Waals surface area contributed by atoms with Crippen molar-refractivity contribution in [3.8, 4) is 0 Å². The molecular formula is C30H31N5O3. The molecule has 0 radical (unpaired) electrons. The second kappa shape index (κ2) is 10.3. The number of nitrogens with zero attached hydrogens (tertiary/aromatic N) is 5. The van der Waals surface area contributed by atoms with Gasteiger partial charge in [0.25, 0.3) is 11.8 Å². The molecule has 2 fully saturated rings. The first kappa shape index (κ1) is 24.2. The third kappa shape index (κ3) is 4.51. The number of pyridine rings is 1. The van der Waals surface area contributed by atoms with Gasteiger partial charge in [0.05, 0.1) is 23.4 Å². The second-order valence-corrected chi connectivity index (χ2v) is 10.2. The Bertz CT molecular complexity index is 1330. The summed E-state index contributed by atoms with van der Waals surface area (Å²) in [6.07, 6.45) is 4.82. The molecule has 6 rings (SSSR count). The molecule has 8 heteroatoms. The minimum Gasteiger partial charge on any atom is -0.371 e. The van der Waals surface area contributed by atoms with Crippen LogP contribution in [0, 0.1) is 5.92 Å². The van der Waals surface area contributed by atoms with Gasteiger partial charge in [-0.15, -0.1) is 0 Å². The Morgan fingerprint density at radius 3 is 2.26 bits per heavy atom. The lowest BCUT2D eigenvalue weighted by Gasteiger charge is -2.40. The molecule has 0 bridgehead atoms. The predicted molar refractivity (Wildman–Crippen MR) is 145 cm³/mol. The molecule has 0 N–H and O–H groups in total. The molecule has 2 saturated heterocycles. The van der Waals surface area contributed by atoms with Crippen molar-refractivity contribution >= 4 is 29.1 Å². The Hall–Kier alpha value is -4.20. The molecule has 38 heavy (non-hydrogen) atoms. The van der Waals surface area contributed by atoms with Crippen LogP contribution < -0.4 is 9.80 Å². The maximum absolute atomic E-state index is 13.4. The van der Waals surface area contributed by atoms with Crippen LogP contribution in [-0.4, -0.2) is 71.8 Å². The lowest BCUT2D eigenvalue weighted by atomic mass is 9.93. The Morgan fingerprint density at radius 1 is 0.789 bits per heavy atom. The molecule has 0 atom stereocenters. The molecule has 3 aliphatic rings. The summed E-state index contributed by atoms with van der Waals surface area (Å²) in [6.45, 7) is 4.73. The summed E-state index contributed by atoms with van der Waals surface area (Å²) in [4.78, 5) is 51.7. The summed E-state index contributed by atoms with van der Waals surface area (Å²) < 4.78 is 0. The predicted octanol–water partition coefficient (Wildman–Crippen LogP) is 3.44. The number of carbonyl (C=O) groups is 3. The van der Waals surface area contributed by atoms with E-state index in [1.54, 1.807) is 24.5 Å². The highest BCUT2D eigenvalue weighted by Gasteiger charge is 2.39. The highest BCUT2D eigenvalue weighted by Crippen LogP contribution is 2.35. The van der Waals surface area contributed by atoms with Crippen molar-refractivity contribution in [3.63, 3.8) is 0 Å². The topological polar surface area (TPSA) is 77.1 Å². The van der Waals surface area contributed by atoms with Crippen LogP contribution in [0.1, 0.15) is 39.1 Å². The fourth-order valence-corrected chi connectivity index (χ4v) is 5.85. The quantitative estimate of drug-likeness (QED) is 0.491. The van der Waals surface area contributed by atoms with Crippen molar-refractivity contribution in [1.82, 2.24) is 14.8 Å². The minimum atomic E-state index is -0.268. The summed E-state index contributed by atoms with van der Waals surface area (Å²) in [5, 5.41) is 0. The molecule has 194 valence electrons. The summed E-state index contributed by atoms with van der Waals surface area (Å²) in [5.41, 5.74) is 3.73. The van der Waals surface area contributed by atoms with Crippen molar-refractivity contribution < 1.29 is 14.4 Å². The number of benzene rings is 2. The second-order valence-electron chi connectivity index (χ2n) is 10.2. The Balaban J connectivity index is 1.09. The van der Waals surface area contributed by atoms with Crippen molar-refractivity contribution in [2.24, 2.45) is 5.92 Å². The molecule has 0 spiro atoms. The molecule has 3 aromatic rings. The average molecular weight is 510 g/mol. The van der Waals surface area contributed by atoms with E-state index in [1.807, 2.05) is 41.3 Å². The lowest BCUT2D eigenvalue weighted by molar-refractivity contribution is -0.136. The van der Waals surface area contributed by atoms with Crippen LogP contribution in [0.15, 0.2) is 73.1 Å². The maximum atomic E-state index is 13.4. The van der Waals surface area contributed by atoms with E-state index in [0.717, 1.165) is 50.3 Å². The van der Waals surface area contributed by atoms with E-state index in [1.165, 1.54) is 10.6 Å². The first-order chi connectivity index (χ1) is 18.6. The van der Waals surface area contributed by atoms with Gasteiger partial charge in [-0.3, -0.25) is 24.3 Å². The van der Waals surface area contributed by atoms with Gasteiger partial charge >= 0.3 is 0 Å². The van der Waals surface area contributed by atoms with E-state index in [4.69, 9.17) is 0 Å². The number of hydrogen-bond acceptors (Lipinski definition) is 6. The molecule has 1 aromatic heterocycles. The summed E-state index contributed by atoms with van der Waals surface area (Å²) >= 11 is 0. The number of aromatic nitrogens is 1. The van der Waals surface area contributed by atoms with E-state index in [0.29, 0.717) is 24.2 Å². The van der Waals surface area contributed by atoms with Crippen molar-refractivity contribution in [3.05, 3.63) is 89.7 Å². The zero-order valence-corrected chi connectivity index (χ0v) is 21.3. The smallest absolute Gasteiger partial charge is 0.263 e. The average Bonchev–Trinajstić information content (AvgIpc) is 3.23. The van der Waals surface area contributed by atoms with E-state index in [9.17, 15) is 14.4 Å². The molecule has 0 aliphatic carbocycles. The molecule has 0 saturated carbocycles. The first-order valence-electron chi connectivity index (χ1n) is 13.3. The van der Waals surface area contributed by atoms with Crippen LogP contribution in [0.2, 0.25) is 0 Å². The fourth-order valence-electron chi connectivity index (χ4n) is 5.85. The number of amides is 3. The van der Waals surface area contributed by atoms with Crippen LogP contribution in [0.25, 0.3) is 0 Å². The SMILES string of the molecule is O=C(C1CCN(c2cccc3c2C(=O)N(Cc2cccnc2)C3=O)CC1)N1CCN(c2ccccc2)CC1. The zero-order chi connectivity index (χ0) is 26.1. The van der Waals surface area contributed by atoms with Crippen LogP contribution in [0.5, 0.6) is 0 Å². The number of hydrogen-bond donors (Lipinski definition) is 0. The largest absolute Gasteiger partial charge is 0.371 e. The first-order valence-corrected chi connectivity index (χ1v) is 13.3. The number of fused-ring (bicyclic) bond motifs is 1. The number of anilines is 2. The molecule has 8 nitrogen and oxygen atoms in total. The third-order valence-electron chi connectivity index (χ3n) is 7.94. The van der Waals surface area contributed by atoms with Crippen molar-refractivity contribution in [2.45, 2.75) is 19.4 Å². The Morgan fingerprint density at radius 2 is 1.55 bits per heavy atom. The van der Waals surface area contributed by atoms with Gasteiger partial charge < -0.3 is 14.7 Å². The number of imide groups is 1. The maximum Gasteiger partial charge on any atom is 0.263 e. The Labute approximate surface area is 222 Å². The molecular weight excluding hydrogens is 478 g/mol. The van der Waals surface area contributed by atoms with Gasteiger partial charge in [-0.25, -0.2) is 0 Å². The Kier molecular flexibility index (Phi) is 6.54. The summed E-state index contributed by atoms with van der Waals surface area (Å²) in [5.74, 6) is -0.301. The molecule has 2 aromatic carbocycles. The van der Waals surface area contributed by atoms with E-state index >= 15 is 0 Å². The highest BCUT2D eigenvalue weighted by molar-refractivity contribution is 6.23. The van der Waals surface area contributed by atoms with Gasteiger partial charge in [0.1, 0.15) is 0 Å². The van der Waals surface area contributed by atoms with Gasteiger partial charge in [-0.05, 0) is 48.7 Å². The standard InChI is InChI=1S/C30H31N5O3/c36-28(34-18-16-32(17-19-34)24-7-2-1-3-8-24)23-11-14-33(15-12-23)26-10-4-9-25-27(26)30(38)35(29(25)37)21-22-6-5-13-31-20-22/h1-10,13,20,23H,11-12,14-19,21H2. The van der Waals surface area contributed by atoms with Crippen molar-refractivity contribution in [1.29, 1.82) is 0 Å². The van der Waals surface area contributed by atoms with Crippen molar-refractivity contribution in [2.75, 3.05) is 49.1 Å². The van der Waals surface area contributed by atoms with Crippen LogP contribution >= 0.6 is 0 Å². The van der Waals surface area contributed by atoms with E-state index < -0.39 is 0 Å². The summed E-state index contributed by atoms with van der Waals surface area (Å²) in [7, 11) is 0. The molecule has 4 heterocycles.